The molecule has 3 N–H and O–H groups in total. The van der Waals surface area contributed by atoms with Gasteiger partial charge in [0.2, 0.25) is 0 Å². The fourth-order valence-corrected chi connectivity index (χ4v) is 1.28. The topological polar surface area (TPSA) is 38.0 Å². The molecule has 82 valence electrons. The Bertz CT molecular complexity index is 364. The Hall–Kier alpha value is -1.26. The fourth-order valence-electron chi connectivity index (χ4n) is 1.28. The van der Waals surface area contributed by atoms with E-state index >= 15 is 0 Å². The summed E-state index contributed by atoms with van der Waals surface area (Å²) in [5.41, 5.74) is 4.10. The summed E-state index contributed by atoms with van der Waals surface area (Å²) in [4.78, 5) is 0. The molecule has 1 rings (SSSR count). The second-order valence-corrected chi connectivity index (χ2v) is 3.52. The molecule has 0 amide bonds. The van der Waals surface area contributed by atoms with Crippen molar-refractivity contribution >= 4 is 0 Å². The molecule has 0 saturated carbocycles. The van der Waals surface area contributed by atoms with Crippen molar-refractivity contribution in [2.24, 2.45) is 5.84 Å². The van der Waals surface area contributed by atoms with Crippen molar-refractivity contribution in [2.75, 3.05) is 0 Å². The molecule has 1 atom stereocenters. The van der Waals surface area contributed by atoms with E-state index in [-0.39, 0.29) is 6.04 Å². The van der Waals surface area contributed by atoms with Gasteiger partial charge in [-0.1, -0.05) is 18.2 Å². The standard InChI is InChI=1S/C11H14F2N2/c1-7(2)11(15-14)6-8-3-4-9(12)10(13)5-8/h3-5,11,15H,1,6,14H2,2H3. The Morgan fingerprint density at radius 1 is 1.47 bits per heavy atom. The molecule has 1 aromatic rings. The van der Waals surface area contributed by atoms with Crippen molar-refractivity contribution in [2.45, 2.75) is 19.4 Å². The van der Waals surface area contributed by atoms with Crippen LogP contribution in [0.25, 0.3) is 0 Å². The molecule has 0 aliphatic carbocycles. The van der Waals surface area contributed by atoms with Crippen LogP contribution in [0.5, 0.6) is 0 Å². The first-order chi connectivity index (χ1) is 7.04. The second-order valence-electron chi connectivity index (χ2n) is 3.52. The third-order valence-electron chi connectivity index (χ3n) is 2.22. The van der Waals surface area contributed by atoms with E-state index in [1.807, 2.05) is 6.92 Å². The zero-order valence-electron chi connectivity index (χ0n) is 8.56. The lowest BCUT2D eigenvalue weighted by atomic mass is 10.0. The number of hydrogen-bond donors (Lipinski definition) is 2. The van der Waals surface area contributed by atoms with E-state index in [4.69, 9.17) is 5.84 Å². The number of nitrogens with two attached hydrogens (primary N) is 1. The molecule has 0 spiro atoms. The van der Waals surface area contributed by atoms with Gasteiger partial charge in [0.25, 0.3) is 0 Å². The molecule has 0 fully saturated rings. The Balaban J connectivity index is 2.80. The van der Waals surface area contributed by atoms with Crippen LogP contribution in [-0.2, 0) is 6.42 Å². The van der Waals surface area contributed by atoms with E-state index in [1.165, 1.54) is 12.1 Å². The molecule has 0 saturated heterocycles. The maximum atomic E-state index is 12.9. The monoisotopic (exact) mass is 212 g/mol. The van der Waals surface area contributed by atoms with Crippen LogP contribution in [0.3, 0.4) is 0 Å². The summed E-state index contributed by atoms with van der Waals surface area (Å²) in [5, 5.41) is 0. The molecule has 0 aromatic heterocycles. The highest BCUT2D eigenvalue weighted by Crippen LogP contribution is 2.12. The van der Waals surface area contributed by atoms with E-state index in [2.05, 4.69) is 12.0 Å². The van der Waals surface area contributed by atoms with Gasteiger partial charge in [-0.2, -0.15) is 0 Å². The summed E-state index contributed by atoms with van der Waals surface area (Å²) in [6, 6.07) is 3.68. The van der Waals surface area contributed by atoms with E-state index in [1.54, 1.807) is 0 Å². The van der Waals surface area contributed by atoms with E-state index in [9.17, 15) is 8.78 Å². The molecule has 0 bridgehead atoms. The van der Waals surface area contributed by atoms with Crippen molar-refractivity contribution in [3.63, 3.8) is 0 Å². The third kappa shape index (κ3) is 3.11. The molecule has 2 nitrogen and oxygen atoms in total. The van der Waals surface area contributed by atoms with E-state index < -0.39 is 11.6 Å². The predicted octanol–water partition coefficient (Wildman–Crippen LogP) is 1.92. The quantitative estimate of drug-likeness (QED) is 0.454. The highest BCUT2D eigenvalue weighted by atomic mass is 19.2. The predicted molar refractivity (Wildman–Crippen MR) is 56.0 cm³/mol. The van der Waals surface area contributed by atoms with Gasteiger partial charge in [0.1, 0.15) is 0 Å². The summed E-state index contributed by atoms with van der Waals surface area (Å²) in [6.07, 6.45) is 0.489. The fraction of sp³-hybridized carbons (Fsp3) is 0.273. The van der Waals surface area contributed by atoms with Gasteiger partial charge in [-0.25, -0.2) is 8.78 Å². The van der Waals surface area contributed by atoms with Crippen LogP contribution in [0.4, 0.5) is 8.78 Å². The highest BCUT2D eigenvalue weighted by Gasteiger charge is 2.10. The summed E-state index contributed by atoms with van der Waals surface area (Å²) < 4.78 is 25.5. The van der Waals surface area contributed by atoms with Crippen LogP contribution < -0.4 is 11.3 Å². The van der Waals surface area contributed by atoms with Crippen LogP contribution in [0.1, 0.15) is 12.5 Å². The average molecular weight is 212 g/mol. The highest BCUT2D eigenvalue weighted by molar-refractivity contribution is 5.21. The smallest absolute Gasteiger partial charge is 0.159 e. The van der Waals surface area contributed by atoms with Gasteiger partial charge >= 0.3 is 0 Å². The largest absolute Gasteiger partial charge is 0.271 e. The Morgan fingerprint density at radius 3 is 2.60 bits per heavy atom. The molecule has 4 heteroatoms. The first-order valence-electron chi connectivity index (χ1n) is 4.60. The molecule has 0 heterocycles. The lowest BCUT2D eigenvalue weighted by molar-refractivity contribution is 0.505. The van der Waals surface area contributed by atoms with Crippen molar-refractivity contribution in [1.82, 2.24) is 5.43 Å². The molecule has 0 aliphatic rings. The van der Waals surface area contributed by atoms with Crippen LogP contribution in [0.15, 0.2) is 30.4 Å². The first kappa shape index (κ1) is 11.8. The molecule has 15 heavy (non-hydrogen) atoms. The first-order valence-corrected chi connectivity index (χ1v) is 4.60. The van der Waals surface area contributed by atoms with Gasteiger partial charge in [0.05, 0.1) is 0 Å². The van der Waals surface area contributed by atoms with Gasteiger partial charge in [-0.15, -0.1) is 0 Å². The lowest BCUT2D eigenvalue weighted by Gasteiger charge is -2.15. The Morgan fingerprint density at radius 2 is 2.13 bits per heavy atom. The zero-order valence-corrected chi connectivity index (χ0v) is 8.56. The second kappa shape index (κ2) is 5.00. The number of rotatable bonds is 4. The summed E-state index contributed by atoms with van der Waals surface area (Å²) in [5.74, 6) is 3.63. The summed E-state index contributed by atoms with van der Waals surface area (Å²) in [6.45, 7) is 5.58. The molecular formula is C11H14F2N2. The van der Waals surface area contributed by atoms with Crippen LogP contribution >= 0.6 is 0 Å². The molecule has 0 radical (unpaired) electrons. The summed E-state index contributed by atoms with van der Waals surface area (Å²) in [7, 11) is 0. The van der Waals surface area contributed by atoms with Gasteiger partial charge < -0.3 is 0 Å². The summed E-state index contributed by atoms with van der Waals surface area (Å²) >= 11 is 0. The minimum atomic E-state index is -0.843. The number of halogens is 2. The molecular weight excluding hydrogens is 198 g/mol. The Labute approximate surface area is 87.8 Å². The lowest BCUT2D eigenvalue weighted by Crippen LogP contribution is -2.37. The van der Waals surface area contributed by atoms with Crippen molar-refractivity contribution in [1.29, 1.82) is 0 Å². The maximum Gasteiger partial charge on any atom is 0.159 e. The maximum absolute atomic E-state index is 12.9. The van der Waals surface area contributed by atoms with Gasteiger partial charge in [-0.3, -0.25) is 11.3 Å². The zero-order chi connectivity index (χ0) is 11.4. The van der Waals surface area contributed by atoms with Crippen LogP contribution in [0.2, 0.25) is 0 Å². The average Bonchev–Trinajstić information content (AvgIpc) is 2.19. The number of benzene rings is 1. The molecule has 1 unspecified atom stereocenters. The SMILES string of the molecule is C=C(C)C(Cc1ccc(F)c(F)c1)NN. The van der Waals surface area contributed by atoms with Crippen molar-refractivity contribution in [3.05, 3.63) is 47.5 Å². The molecule has 1 aromatic carbocycles. The van der Waals surface area contributed by atoms with Gasteiger partial charge in [0.15, 0.2) is 11.6 Å². The van der Waals surface area contributed by atoms with Crippen molar-refractivity contribution < 1.29 is 8.78 Å². The van der Waals surface area contributed by atoms with E-state index in [0.717, 1.165) is 11.6 Å². The molecule has 0 aliphatic heterocycles. The number of hydrogen-bond acceptors (Lipinski definition) is 2. The van der Waals surface area contributed by atoms with Gasteiger partial charge in [0, 0.05) is 6.04 Å². The minimum absolute atomic E-state index is 0.130. The number of hydrazine groups is 1. The van der Waals surface area contributed by atoms with E-state index in [0.29, 0.717) is 12.0 Å². The van der Waals surface area contributed by atoms with Crippen LogP contribution in [0, 0.1) is 11.6 Å². The minimum Gasteiger partial charge on any atom is -0.271 e. The van der Waals surface area contributed by atoms with Crippen LogP contribution in [-0.4, -0.2) is 6.04 Å². The normalized spacial score (nSPS) is 12.5. The number of nitrogens with one attached hydrogen (secondary N) is 1. The van der Waals surface area contributed by atoms with Gasteiger partial charge in [-0.05, 0) is 31.0 Å². The van der Waals surface area contributed by atoms with Crippen molar-refractivity contribution in [3.8, 4) is 0 Å². The Kier molecular flexibility index (Phi) is 3.94. The third-order valence-corrected chi connectivity index (χ3v) is 2.22.